The zero-order chi connectivity index (χ0) is 17.8. The van der Waals surface area contributed by atoms with Gasteiger partial charge in [0.2, 0.25) is 0 Å². The molecule has 5 nitrogen and oxygen atoms in total. The molecule has 0 spiro atoms. The second kappa shape index (κ2) is 8.08. The van der Waals surface area contributed by atoms with Gasteiger partial charge < -0.3 is 15.1 Å². The summed E-state index contributed by atoms with van der Waals surface area (Å²) in [5.41, 5.74) is 2.31. The topological polar surface area (TPSA) is 48.5 Å². The number of hydrogen-bond donors (Lipinski definition) is 1. The van der Waals surface area contributed by atoms with Crippen LogP contribution in [0.25, 0.3) is 0 Å². The van der Waals surface area contributed by atoms with Crippen molar-refractivity contribution in [1.29, 1.82) is 0 Å². The Hall–Kier alpha value is -2.08. The zero-order valence-corrected chi connectivity index (χ0v) is 15.9. The van der Waals surface area contributed by atoms with Gasteiger partial charge in [-0.3, -0.25) is 0 Å². The van der Waals surface area contributed by atoms with Crippen LogP contribution in [0.2, 0.25) is 0 Å². The Morgan fingerprint density at radius 2 is 2.04 bits per heavy atom. The molecule has 0 saturated carbocycles. The Morgan fingerprint density at radius 3 is 2.77 bits per heavy atom. The second-order valence-electron chi connectivity index (χ2n) is 7.14. The number of pyridine rings is 1. The summed E-state index contributed by atoms with van der Waals surface area (Å²) in [6.07, 6.45) is 7.84. The van der Waals surface area contributed by atoms with E-state index in [0.717, 1.165) is 43.9 Å². The fourth-order valence-corrected chi connectivity index (χ4v) is 4.64. The molecule has 0 aliphatic carbocycles. The van der Waals surface area contributed by atoms with Crippen LogP contribution in [0, 0.1) is 0 Å². The van der Waals surface area contributed by atoms with E-state index >= 15 is 0 Å². The molecular formula is C20H26N4OS. The number of hydrogen-bond acceptors (Lipinski definition) is 4. The maximum Gasteiger partial charge on any atom is 0.318 e. The summed E-state index contributed by atoms with van der Waals surface area (Å²) in [7, 11) is 0. The highest BCUT2D eigenvalue weighted by Gasteiger charge is 2.29. The van der Waals surface area contributed by atoms with Crippen LogP contribution in [0.15, 0.2) is 35.2 Å². The van der Waals surface area contributed by atoms with Crippen LogP contribution in [-0.4, -0.2) is 35.5 Å². The summed E-state index contributed by atoms with van der Waals surface area (Å²) in [6, 6.07) is 6.54. The first-order valence-electron chi connectivity index (χ1n) is 9.58. The number of urea groups is 1. The summed E-state index contributed by atoms with van der Waals surface area (Å²) < 4.78 is 0. The average Bonchev–Trinajstić information content (AvgIpc) is 3.38. The highest BCUT2D eigenvalue weighted by atomic mass is 32.1. The number of aromatic nitrogens is 1. The molecule has 0 aromatic carbocycles. The molecule has 2 fully saturated rings. The van der Waals surface area contributed by atoms with Gasteiger partial charge in [-0.25, -0.2) is 9.78 Å². The Labute approximate surface area is 159 Å². The molecule has 6 heteroatoms. The number of rotatable bonds is 4. The van der Waals surface area contributed by atoms with E-state index < -0.39 is 0 Å². The van der Waals surface area contributed by atoms with E-state index in [2.05, 4.69) is 44.2 Å². The first-order valence-corrected chi connectivity index (χ1v) is 10.5. The van der Waals surface area contributed by atoms with Crippen LogP contribution in [0.3, 0.4) is 0 Å². The van der Waals surface area contributed by atoms with Crippen molar-refractivity contribution in [2.75, 3.05) is 24.5 Å². The lowest BCUT2D eigenvalue weighted by molar-refractivity contribution is 0.192. The van der Waals surface area contributed by atoms with Gasteiger partial charge in [0.25, 0.3) is 0 Å². The highest BCUT2D eigenvalue weighted by molar-refractivity contribution is 7.08. The molecule has 2 aromatic rings. The van der Waals surface area contributed by atoms with Gasteiger partial charge in [-0.05, 0) is 66.1 Å². The number of amides is 2. The molecule has 26 heavy (non-hydrogen) atoms. The lowest BCUT2D eigenvalue weighted by Crippen LogP contribution is -2.39. The quantitative estimate of drug-likeness (QED) is 0.878. The molecule has 2 amide bonds. The smallest absolute Gasteiger partial charge is 0.318 e. The number of likely N-dealkylation sites (tertiary alicyclic amines) is 1. The van der Waals surface area contributed by atoms with Gasteiger partial charge in [0.1, 0.15) is 5.82 Å². The third kappa shape index (κ3) is 3.85. The SMILES string of the molecule is O=C(NCc1ccc(N2CCCCC2)nc1)N1CCCC1c1ccsc1. The molecule has 0 bridgehead atoms. The number of nitrogens with zero attached hydrogens (tertiary/aromatic N) is 3. The van der Waals surface area contributed by atoms with Crippen molar-refractivity contribution >= 4 is 23.2 Å². The molecule has 2 aliphatic heterocycles. The number of nitrogens with one attached hydrogen (secondary N) is 1. The third-order valence-electron chi connectivity index (χ3n) is 5.37. The zero-order valence-electron chi connectivity index (χ0n) is 15.1. The standard InChI is InChI=1S/C20H26N4OS/c25-20(24-11-4-5-18(24)17-8-12-26-15-17)22-14-16-6-7-19(21-13-16)23-9-2-1-3-10-23/h6-8,12-13,15,18H,1-5,9-11,14H2,(H,22,25). The summed E-state index contributed by atoms with van der Waals surface area (Å²) in [5, 5.41) is 7.30. The van der Waals surface area contributed by atoms with Crippen LogP contribution in [0.5, 0.6) is 0 Å². The van der Waals surface area contributed by atoms with E-state index in [1.807, 2.05) is 11.1 Å². The largest absolute Gasteiger partial charge is 0.357 e. The van der Waals surface area contributed by atoms with Crippen LogP contribution in [-0.2, 0) is 6.54 Å². The monoisotopic (exact) mass is 370 g/mol. The van der Waals surface area contributed by atoms with Gasteiger partial charge in [-0.2, -0.15) is 11.3 Å². The second-order valence-corrected chi connectivity index (χ2v) is 7.92. The van der Waals surface area contributed by atoms with Crippen molar-refractivity contribution in [2.45, 2.75) is 44.7 Å². The molecule has 2 saturated heterocycles. The molecule has 138 valence electrons. The van der Waals surface area contributed by atoms with E-state index in [0.29, 0.717) is 6.54 Å². The number of anilines is 1. The van der Waals surface area contributed by atoms with Crippen molar-refractivity contribution in [1.82, 2.24) is 15.2 Å². The van der Waals surface area contributed by atoms with Crippen LogP contribution in [0.4, 0.5) is 10.6 Å². The number of carbonyl (C=O) groups excluding carboxylic acids is 1. The minimum atomic E-state index is 0.0267. The third-order valence-corrected chi connectivity index (χ3v) is 6.08. The Balaban J connectivity index is 1.32. The van der Waals surface area contributed by atoms with Crippen molar-refractivity contribution in [3.63, 3.8) is 0 Å². The first-order chi connectivity index (χ1) is 12.8. The van der Waals surface area contributed by atoms with Crippen molar-refractivity contribution in [2.24, 2.45) is 0 Å². The average molecular weight is 371 g/mol. The minimum Gasteiger partial charge on any atom is -0.357 e. The van der Waals surface area contributed by atoms with Gasteiger partial charge in [-0.15, -0.1) is 0 Å². The molecule has 1 atom stereocenters. The number of carbonyl (C=O) groups is 1. The fourth-order valence-electron chi connectivity index (χ4n) is 3.93. The van der Waals surface area contributed by atoms with E-state index in [9.17, 15) is 4.79 Å². The van der Waals surface area contributed by atoms with E-state index in [1.165, 1.54) is 24.8 Å². The van der Waals surface area contributed by atoms with Gasteiger partial charge in [0.15, 0.2) is 0 Å². The van der Waals surface area contributed by atoms with E-state index in [4.69, 9.17) is 0 Å². The van der Waals surface area contributed by atoms with Crippen LogP contribution < -0.4 is 10.2 Å². The lowest BCUT2D eigenvalue weighted by Gasteiger charge is -2.27. The number of thiophene rings is 1. The van der Waals surface area contributed by atoms with E-state index in [1.54, 1.807) is 11.3 Å². The molecular weight excluding hydrogens is 344 g/mol. The molecule has 1 N–H and O–H groups in total. The Bertz CT molecular complexity index is 710. The molecule has 2 aliphatic rings. The Morgan fingerprint density at radius 1 is 1.15 bits per heavy atom. The van der Waals surface area contributed by atoms with Crippen LogP contribution in [0.1, 0.15) is 49.3 Å². The first kappa shape index (κ1) is 17.3. The Kier molecular flexibility index (Phi) is 5.39. The summed E-state index contributed by atoms with van der Waals surface area (Å²) in [5.74, 6) is 1.05. The van der Waals surface area contributed by atoms with Crippen molar-refractivity contribution in [3.8, 4) is 0 Å². The van der Waals surface area contributed by atoms with Gasteiger partial charge >= 0.3 is 6.03 Å². The van der Waals surface area contributed by atoms with Gasteiger partial charge in [0.05, 0.1) is 6.04 Å². The minimum absolute atomic E-state index is 0.0267. The summed E-state index contributed by atoms with van der Waals surface area (Å²) >= 11 is 1.69. The maximum atomic E-state index is 12.6. The lowest BCUT2D eigenvalue weighted by atomic mass is 10.1. The molecule has 4 heterocycles. The molecule has 2 aromatic heterocycles. The molecule has 0 radical (unpaired) electrons. The van der Waals surface area contributed by atoms with Gasteiger partial charge in [-0.1, -0.05) is 6.07 Å². The molecule has 1 unspecified atom stereocenters. The normalized spacial score (nSPS) is 20.4. The van der Waals surface area contributed by atoms with Crippen molar-refractivity contribution < 1.29 is 4.79 Å². The van der Waals surface area contributed by atoms with Crippen molar-refractivity contribution in [3.05, 3.63) is 46.3 Å². The van der Waals surface area contributed by atoms with Gasteiger partial charge in [0, 0.05) is 32.4 Å². The maximum absolute atomic E-state index is 12.6. The highest BCUT2D eigenvalue weighted by Crippen LogP contribution is 2.32. The summed E-state index contributed by atoms with van der Waals surface area (Å²) in [6.45, 7) is 3.56. The van der Waals surface area contributed by atoms with E-state index in [-0.39, 0.29) is 12.1 Å². The summed E-state index contributed by atoms with van der Waals surface area (Å²) in [4.78, 5) is 21.5. The predicted octanol–water partition coefficient (Wildman–Crippen LogP) is 4.18. The number of piperidine rings is 1. The fraction of sp³-hybridized carbons (Fsp3) is 0.500. The molecule has 4 rings (SSSR count). The predicted molar refractivity (Wildman–Crippen MR) is 106 cm³/mol. The van der Waals surface area contributed by atoms with Crippen LogP contribution >= 0.6 is 11.3 Å².